The van der Waals surface area contributed by atoms with Crippen LogP contribution in [0.15, 0.2) is 16.6 Å². The van der Waals surface area contributed by atoms with Gasteiger partial charge in [0.2, 0.25) is 0 Å². The van der Waals surface area contributed by atoms with E-state index in [0.29, 0.717) is 6.61 Å². The highest BCUT2D eigenvalue weighted by Gasteiger charge is 2.46. The van der Waals surface area contributed by atoms with Crippen LogP contribution in [0.3, 0.4) is 0 Å². The predicted molar refractivity (Wildman–Crippen MR) is 80.0 cm³/mol. The third-order valence-electron chi connectivity index (χ3n) is 3.48. The molecule has 2 N–H and O–H groups in total. The van der Waals surface area contributed by atoms with E-state index in [-0.39, 0.29) is 6.54 Å². The molecule has 21 heavy (non-hydrogen) atoms. The van der Waals surface area contributed by atoms with E-state index in [4.69, 9.17) is 19.2 Å². The van der Waals surface area contributed by atoms with Crippen LogP contribution in [0.4, 0.5) is 4.79 Å². The van der Waals surface area contributed by atoms with Crippen molar-refractivity contribution in [3.8, 4) is 5.75 Å². The molecule has 112 valence electrons. The quantitative estimate of drug-likeness (QED) is 0.789. The third kappa shape index (κ3) is 2.75. The number of carbonyl (C=O) groups is 1. The molecule has 1 aromatic carbocycles. The Morgan fingerprint density at radius 2 is 2.33 bits per heavy atom. The standard InChI is InChI=1S/C13H15BBrNO5/c1-13(2)6-19-8-4-3-7(15)10-9(5-16-12(17)18)20-14(21-13)11(8)10/h3-4,9,16H,5-6H2,1-2H3,(H,17,18)/t9-/m1/s1. The third-order valence-corrected chi connectivity index (χ3v) is 4.17. The molecule has 0 saturated heterocycles. The molecule has 1 aromatic rings. The van der Waals surface area contributed by atoms with Gasteiger partial charge < -0.3 is 24.5 Å². The van der Waals surface area contributed by atoms with Gasteiger partial charge in [-0.05, 0) is 31.5 Å². The van der Waals surface area contributed by atoms with E-state index in [1.807, 2.05) is 26.0 Å². The molecule has 2 aliphatic rings. The number of amides is 1. The summed E-state index contributed by atoms with van der Waals surface area (Å²) in [5, 5.41) is 11.1. The Morgan fingerprint density at radius 3 is 3.05 bits per heavy atom. The maximum atomic E-state index is 10.7. The summed E-state index contributed by atoms with van der Waals surface area (Å²) in [6.07, 6.45) is -1.49. The summed E-state index contributed by atoms with van der Waals surface area (Å²) in [5.74, 6) is 0.724. The lowest BCUT2D eigenvalue weighted by molar-refractivity contribution is 0.0272. The monoisotopic (exact) mass is 355 g/mol. The molecule has 3 rings (SSSR count). The van der Waals surface area contributed by atoms with Crippen LogP contribution < -0.4 is 15.5 Å². The summed E-state index contributed by atoms with van der Waals surface area (Å²) in [7, 11) is -0.550. The molecule has 0 bridgehead atoms. The molecule has 0 saturated carbocycles. The Kier molecular flexibility index (Phi) is 3.63. The van der Waals surface area contributed by atoms with Crippen molar-refractivity contribution in [1.82, 2.24) is 5.32 Å². The van der Waals surface area contributed by atoms with Crippen LogP contribution in [0.25, 0.3) is 0 Å². The molecule has 0 aromatic heterocycles. The van der Waals surface area contributed by atoms with Crippen molar-refractivity contribution in [1.29, 1.82) is 0 Å². The summed E-state index contributed by atoms with van der Waals surface area (Å²) >= 11 is 3.50. The van der Waals surface area contributed by atoms with Crippen LogP contribution >= 0.6 is 15.9 Å². The van der Waals surface area contributed by atoms with E-state index in [9.17, 15) is 4.79 Å². The van der Waals surface area contributed by atoms with E-state index in [1.165, 1.54) is 0 Å². The smallest absolute Gasteiger partial charge is 0.491 e. The number of nitrogens with one attached hydrogen (secondary N) is 1. The van der Waals surface area contributed by atoms with Gasteiger partial charge in [-0.3, -0.25) is 0 Å². The maximum Gasteiger partial charge on any atom is 0.499 e. The van der Waals surface area contributed by atoms with Gasteiger partial charge in [-0.2, -0.15) is 0 Å². The second kappa shape index (κ2) is 5.19. The Hall–Kier alpha value is -1.25. The zero-order valence-electron chi connectivity index (χ0n) is 11.7. The lowest BCUT2D eigenvalue weighted by Crippen LogP contribution is -2.40. The van der Waals surface area contributed by atoms with Crippen molar-refractivity contribution in [2.24, 2.45) is 0 Å². The van der Waals surface area contributed by atoms with Gasteiger partial charge >= 0.3 is 13.2 Å². The first-order chi connectivity index (χ1) is 9.87. The van der Waals surface area contributed by atoms with Crippen molar-refractivity contribution in [2.75, 3.05) is 13.2 Å². The van der Waals surface area contributed by atoms with Crippen LogP contribution in [0.2, 0.25) is 0 Å². The van der Waals surface area contributed by atoms with Crippen LogP contribution in [0.5, 0.6) is 5.75 Å². The van der Waals surface area contributed by atoms with Crippen molar-refractivity contribution in [3.63, 3.8) is 0 Å². The predicted octanol–water partition coefficient (Wildman–Crippen LogP) is 1.67. The molecule has 0 aliphatic carbocycles. The number of hydrogen-bond donors (Lipinski definition) is 2. The van der Waals surface area contributed by atoms with Gasteiger partial charge in [0.05, 0.1) is 11.7 Å². The minimum absolute atomic E-state index is 0.157. The highest BCUT2D eigenvalue weighted by molar-refractivity contribution is 9.10. The first kappa shape index (κ1) is 14.7. The molecule has 6 nitrogen and oxygen atoms in total. The molecule has 0 fully saturated rings. The fourth-order valence-corrected chi connectivity index (χ4v) is 3.16. The van der Waals surface area contributed by atoms with Gasteiger partial charge in [0.1, 0.15) is 12.4 Å². The Bertz CT molecular complexity index is 594. The van der Waals surface area contributed by atoms with Crippen LogP contribution in [0, 0.1) is 0 Å². The van der Waals surface area contributed by atoms with Gasteiger partial charge in [-0.1, -0.05) is 15.9 Å². The second-order valence-corrected chi connectivity index (χ2v) is 6.54. The van der Waals surface area contributed by atoms with Crippen LogP contribution in [0.1, 0.15) is 25.5 Å². The van der Waals surface area contributed by atoms with Crippen molar-refractivity contribution >= 4 is 34.6 Å². The summed E-state index contributed by atoms with van der Waals surface area (Å²) < 4.78 is 18.6. The van der Waals surface area contributed by atoms with Crippen LogP contribution in [-0.2, 0) is 9.31 Å². The lowest BCUT2D eigenvalue weighted by atomic mass is 9.77. The Balaban J connectivity index is 1.99. The maximum absolute atomic E-state index is 10.7. The molecule has 8 heteroatoms. The molecule has 0 radical (unpaired) electrons. The Labute approximate surface area is 131 Å². The van der Waals surface area contributed by atoms with Gasteiger partial charge in [0, 0.05) is 16.5 Å². The van der Waals surface area contributed by atoms with Crippen molar-refractivity contribution in [3.05, 3.63) is 22.2 Å². The van der Waals surface area contributed by atoms with Crippen LogP contribution in [-0.4, -0.2) is 37.1 Å². The summed E-state index contributed by atoms with van der Waals surface area (Å²) in [5.41, 5.74) is 1.24. The number of benzene rings is 1. The average Bonchev–Trinajstić information content (AvgIpc) is 2.68. The van der Waals surface area contributed by atoms with E-state index in [1.54, 1.807) is 0 Å². The summed E-state index contributed by atoms with van der Waals surface area (Å²) in [6.45, 7) is 4.45. The first-order valence-electron chi connectivity index (χ1n) is 6.62. The van der Waals surface area contributed by atoms with Gasteiger partial charge in [-0.25, -0.2) is 4.79 Å². The average molecular weight is 356 g/mol. The number of ether oxygens (including phenoxy) is 1. The zero-order valence-corrected chi connectivity index (χ0v) is 13.3. The highest BCUT2D eigenvalue weighted by Crippen LogP contribution is 2.37. The SMILES string of the molecule is CC1(C)COc2ccc(Br)c3c2B(O[C@@H]3CNC(=O)O)O1. The summed E-state index contributed by atoms with van der Waals surface area (Å²) in [4.78, 5) is 10.7. The number of halogens is 1. The number of carboxylic acid groups (broad SMARTS) is 1. The largest absolute Gasteiger partial charge is 0.499 e. The zero-order chi connectivity index (χ0) is 15.2. The highest BCUT2D eigenvalue weighted by atomic mass is 79.9. The first-order valence-corrected chi connectivity index (χ1v) is 7.42. The van der Waals surface area contributed by atoms with E-state index in [0.717, 1.165) is 21.2 Å². The summed E-state index contributed by atoms with van der Waals surface area (Å²) in [6, 6.07) is 3.75. The lowest BCUT2D eigenvalue weighted by Gasteiger charge is -2.25. The molecule has 1 atom stereocenters. The van der Waals surface area contributed by atoms with E-state index in [2.05, 4.69) is 21.2 Å². The second-order valence-electron chi connectivity index (χ2n) is 5.68. The fraction of sp³-hybridized carbons (Fsp3) is 0.462. The molecular formula is C13H15BBrNO5. The van der Waals surface area contributed by atoms with Gasteiger partial charge in [-0.15, -0.1) is 0 Å². The topological polar surface area (TPSA) is 77.0 Å². The normalized spacial score (nSPS) is 22.2. The fourth-order valence-electron chi connectivity index (χ4n) is 2.56. The van der Waals surface area contributed by atoms with E-state index < -0.39 is 24.9 Å². The molecular weight excluding hydrogens is 341 g/mol. The minimum Gasteiger partial charge on any atom is -0.491 e. The molecule has 1 amide bonds. The van der Waals surface area contributed by atoms with Crippen molar-refractivity contribution in [2.45, 2.75) is 25.6 Å². The minimum atomic E-state index is -1.08. The number of hydrogen-bond acceptors (Lipinski definition) is 4. The Morgan fingerprint density at radius 1 is 1.57 bits per heavy atom. The molecule has 2 heterocycles. The van der Waals surface area contributed by atoms with E-state index >= 15 is 0 Å². The van der Waals surface area contributed by atoms with Gasteiger partial charge in [0.25, 0.3) is 0 Å². The van der Waals surface area contributed by atoms with Crippen molar-refractivity contribution < 1.29 is 23.9 Å². The molecule has 0 spiro atoms. The molecule has 2 aliphatic heterocycles. The number of rotatable bonds is 2. The van der Waals surface area contributed by atoms with Gasteiger partial charge in [0.15, 0.2) is 0 Å². The molecule has 0 unspecified atom stereocenters.